The third kappa shape index (κ3) is 3.80. The Morgan fingerprint density at radius 1 is 1.42 bits per heavy atom. The summed E-state index contributed by atoms with van der Waals surface area (Å²) in [4.78, 5) is 4.34. The molecule has 19 heavy (non-hydrogen) atoms. The van der Waals surface area contributed by atoms with Crippen LogP contribution in [0, 0.1) is 5.92 Å². The van der Waals surface area contributed by atoms with Crippen LogP contribution in [0.2, 0.25) is 0 Å². The summed E-state index contributed by atoms with van der Waals surface area (Å²) >= 11 is 0. The van der Waals surface area contributed by atoms with E-state index in [1.807, 2.05) is 12.4 Å². The maximum Gasteiger partial charge on any atom is 0.122 e. The van der Waals surface area contributed by atoms with Gasteiger partial charge >= 0.3 is 0 Å². The molecule has 0 amide bonds. The van der Waals surface area contributed by atoms with Crippen LogP contribution in [0.4, 0.5) is 0 Å². The number of nitrogens with zero attached hydrogens (tertiary/aromatic N) is 2. The first-order valence-electron chi connectivity index (χ1n) is 7.60. The van der Waals surface area contributed by atoms with Gasteiger partial charge in [0.15, 0.2) is 0 Å². The van der Waals surface area contributed by atoms with Crippen LogP contribution in [0.25, 0.3) is 0 Å². The van der Waals surface area contributed by atoms with Crippen molar-refractivity contribution < 1.29 is 5.11 Å². The molecule has 0 unspecified atom stereocenters. The fraction of sp³-hybridized carbons (Fsp3) is 0.800. The maximum atomic E-state index is 10.5. The Labute approximate surface area is 116 Å². The molecule has 0 radical (unpaired) electrons. The largest absolute Gasteiger partial charge is 0.389 e. The van der Waals surface area contributed by atoms with E-state index in [-0.39, 0.29) is 0 Å². The van der Waals surface area contributed by atoms with E-state index in [1.54, 1.807) is 0 Å². The van der Waals surface area contributed by atoms with Crippen molar-refractivity contribution >= 4 is 0 Å². The van der Waals surface area contributed by atoms with Crippen molar-refractivity contribution in [3.63, 3.8) is 0 Å². The minimum atomic E-state index is -0.505. The van der Waals surface area contributed by atoms with Crippen LogP contribution in [0.1, 0.15) is 51.8 Å². The van der Waals surface area contributed by atoms with Crippen LogP contribution < -0.4 is 5.32 Å². The fourth-order valence-corrected chi connectivity index (χ4v) is 3.00. The Bertz CT molecular complexity index is 380. The standard InChI is InChI=1S/C15H27N3O/c1-3-13-5-7-15(19,8-6-13)12-16-11-14-17-9-10-18(14)4-2/h9-10,13,16,19H,3-8,11-12H2,1-2H3. The molecule has 4 nitrogen and oxygen atoms in total. The Kier molecular flexibility index (Phi) is 4.99. The lowest BCUT2D eigenvalue weighted by Crippen LogP contribution is -2.43. The first kappa shape index (κ1) is 14.5. The van der Waals surface area contributed by atoms with Crippen molar-refractivity contribution in [1.82, 2.24) is 14.9 Å². The normalized spacial score (nSPS) is 27.6. The van der Waals surface area contributed by atoms with Gasteiger partial charge in [0, 0.05) is 25.5 Å². The molecule has 0 bridgehead atoms. The van der Waals surface area contributed by atoms with Crippen LogP contribution in [-0.2, 0) is 13.1 Å². The lowest BCUT2D eigenvalue weighted by atomic mass is 9.78. The summed E-state index contributed by atoms with van der Waals surface area (Å²) in [6.45, 7) is 6.72. The van der Waals surface area contributed by atoms with Gasteiger partial charge in [-0.2, -0.15) is 0 Å². The van der Waals surface area contributed by atoms with Gasteiger partial charge in [-0.05, 0) is 38.5 Å². The molecular formula is C15H27N3O. The highest BCUT2D eigenvalue weighted by molar-refractivity contribution is 4.93. The van der Waals surface area contributed by atoms with E-state index in [1.165, 1.54) is 6.42 Å². The number of hydrogen-bond acceptors (Lipinski definition) is 3. The third-order valence-electron chi connectivity index (χ3n) is 4.49. The molecule has 2 N–H and O–H groups in total. The highest BCUT2D eigenvalue weighted by atomic mass is 16.3. The van der Waals surface area contributed by atoms with Gasteiger partial charge < -0.3 is 15.0 Å². The summed E-state index contributed by atoms with van der Waals surface area (Å²) in [5.41, 5.74) is -0.505. The summed E-state index contributed by atoms with van der Waals surface area (Å²) in [6, 6.07) is 0. The van der Waals surface area contributed by atoms with E-state index in [0.29, 0.717) is 6.54 Å². The summed E-state index contributed by atoms with van der Waals surface area (Å²) < 4.78 is 2.13. The molecule has 0 saturated heterocycles. The van der Waals surface area contributed by atoms with Crippen molar-refractivity contribution in [2.75, 3.05) is 6.54 Å². The Morgan fingerprint density at radius 2 is 2.16 bits per heavy atom. The molecule has 1 saturated carbocycles. The molecule has 1 aliphatic rings. The predicted octanol–water partition coefficient (Wildman–Crippen LogP) is 2.32. The second-order valence-corrected chi connectivity index (χ2v) is 5.81. The van der Waals surface area contributed by atoms with Crippen LogP contribution in [0.3, 0.4) is 0 Å². The van der Waals surface area contributed by atoms with E-state index in [9.17, 15) is 5.11 Å². The Hall–Kier alpha value is -0.870. The smallest absolute Gasteiger partial charge is 0.122 e. The molecule has 0 aromatic carbocycles. The van der Waals surface area contributed by atoms with Gasteiger partial charge in [-0.25, -0.2) is 4.98 Å². The van der Waals surface area contributed by atoms with Crippen molar-refractivity contribution in [1.29, 1.82) is 0 Å². The van der Waals surface area contributed by atoms with E-state index in [4.69, 9.17) is 0 Å². The van der Waals surface area contributed by atoms with Crippen LogP contribution >= 0.6 is 0 Å². The molecule has 0 atom stereocenters. The van der Waals surface area contributed by atoms with Crippen molar-refractivity contribution in [2.45, 2.75) is 64.6 Å². The monoisotopic (exact) mass is 265 g/mol. The molecule has 108 valence electrons. The second-order valence-electron chi connectivity index (χ2n) is 5.81. The zero-order valence-corrected chi connectivity index (χ0v) is 12.2. The number of hydrogen-bond donors (Lipinski definition) is 2. The van der Waals surface area contributed by atoms with Crippen LogP contribution in [-0.4, -0.2) is 26.8 Å². The highest BCUT2D eigenvalue weighted by Crippen LogP contribution is 2.33. The average molecular weight is 265 g/mol. The first-order valence-corrected chi connectivity index (χ1v) is 7.60. The van der Waals surface area contributed by atoms with Gasteiger partial charge in [0.1, 0.15) is 5.82 Å². The number of aliphatic hydroxyl groups is 1. The Morgan fingerprint density at radius 3 is 2.79 bits per heavy atom. The SMILES string of the molecule is CCC1CCC(O)(CNCc2nccn2CC)CC1. The van der Waals surface area contributed by atoms with E-state index >= 15 is 0 Å². The van der Waals surface area contributed by atoms with E-state index in [0.717, 1.165) is 50.5 Å². The van der Waals surface area contributed by atoms with Gasteiger partial charge in [-0.1, -0.05) is 13.3 Å². The molecule has 0 spiro atoms. The molecule has 1 aliphatic carbocycles. The lowest BCUT2D eigenvalue weighted by Gasteiger charge is -2.36. The van der Waals surface area contributed by atoms with Gasteiger partial charge in [0.2, 0.25) is 0 Å². The number of imidazole rings is 1. The van der Waals surface area contributed by atoms with Gasteiger partial charge in [0.25, 0.3) is 0 Å². The molecular weight excluding hydrogens is 238 g/mol. The topological polar surface area (TPSA) is 50.1 Å². The summed E-state index contributed by atoms with van der Waals surface area (Å²) in [7, 11) is 0. The molecule has 0 aliphatic heterocycles. The second kappa shape index (κ2) is 6.53. The summed E-state index contributed by atoms with van der Waals surface area (Å²) in [6.07, 6.45) is 9.27. The fourth-order valence-electron chi connectivity index (χ4n) is 3.00. The van der Waals surface area contributed by atoms with Crippen LogP contribution in [0.15, 0.2) is 12.4 Å². The van der Waals surface area contributed by atoms with Crippen molar-refractivity contribution in [2.24, 2.45) is 5.92 Å². The number of aromatic nitrogens is 2. The average Bonchev–Trinajstić information content (AvgIpc) is 2.87. The highest BCUT2D eigenvalue weighted by Gasteiger charge is 2.32. The summed E-state index contributed by atoms with van der Waals surface area (Å²) in [5, 5.41) is 13.9. The van der Waals surface area contributed by atoms with Crippen LogP contribution in [0.5, 0.6) is 0 Å². The third-order valence-corrected chi connectivity index (χ3v) is 4.49. The minimum Gasteiger partial charge on any atom is -0.389 e. The van der Waals surface area contributed by atoms with Gasteiger partial charge in [0.05, 0.1) is 12.1 Å². The van der Waals surface area contributed by atoms with E-state index < -0.39 is 5.60 Å². The zero-order chi connectivity index (χ0) is 13.7. The number of rotatable bonds is 6. The molecule has 1 fully saturated rings. The number of nitrogens with one attached hydrogen (secondary N) is 1. The quantitative estimate of drug-likeness (QED) is 0.830. The van der Waals surface area contributed by atoms with Crippen molar-refractivity contribution in [3.05, 3.63) is 18.2 Å². The Balaban J connectivity index is 1.76. The molecule has 4 heteroatoms. The molecule has 1 aromatic heterocycles. The molecule has 1 aromatic rings. The van der Waals surface area contributed by atoms with Crippen molar-refractivity contribution in [3.8, 4) is 0 Å². The number of aryl methyl sites for hydroxylation is 1. The van der Waals surface area contributed by atoms with Gasteiger partial charge in [-0.3, -0.25) is 0 Å². The molecule has 1 heterocycles. The zero-order valence-electron chi connectivity index (χ0n) is 12.2. The first-order chi connectivity index (χ1) is 9.17. The molecule has 2 rings (SSSR count). The van der Waals surface area contributed by atoms with Gasteiger partial charge in [-0.15, -0.1) is 0 Å². The maximum absolute atomic E-state index is 10.5. The van der Waals surface area contributed by atoms with E-state index in [2.05, 4.69) is 28.7 Å². The predicted molar refractivity (Wildman–Crippen MR) is 76.8 cm³/mol. The lowest BCUT2D eigenvalue weighted by molar-refractivity contribution is -0.00895. The summed E-state index contributed by atoms with van der Waals surface area (Å²) in [5.74, 6) is 1.87. The minimum absolute atomic E-state index is 0.505.